The van der Waals surface area contributed by atoms with E-state index in [-0.39, 0.29) is 24.9 Å². The number of carboxylic acid groups (broad SMARTS) is 1. The van der Waals surface area contributed by atoms with Crippen LogP contribution in [0.5, 0.6) is 0 Å². The molecule has 3 rings (SSSR count). The van der Waals surface area contributed by atoms with Crippen LogP contribution in [-0.2, 0) is 14.3 Å². The standard InChI is InChI=1S/C25H30N2O5/c1-5-25(4,23(30)26-21(15(2)3)22(28)29)27-24(31)32-14-20-18-12-8-6-10-16(18)17-11-7-9-13-19(17)20/h6-13,15,20-21H,5,14H2,1-4H3,(H,26,30)(H,27,31)(H,28,29). The molecule has 2 aromatic carbocycles. The van der Waals surface area contributed by atoms with Gasteiger partial charge in [0.25, 0.3) is 0 Å². The predicted molar refractivity (Wildman–Crippen MR) is 121 cm³/mol. The Labute approximate surface area is 188 Å². The number of hydrogen-bond donors (Lipinski definition) is 3. The Morgan fingerprint density at radius 2 is 1.56 bits per heavy atom. The van der Waals surface area contributed by atoms with E-state index in [9.17, 15) is 19.5 Å². The highest BCUT2D eigenvalue weighted by Gasteiger charge is 2.37. The van der Waals surface area contributed by atoms with Crippen LogP contribution < -0.4 is 10.6 Å². The molecule has 0 saturated heterocycles. The molecule has 0 aliphatic heterocycles. The van der Waals surface area contributed by atoms with Crippen LogP contribution in [0, 0.1) is 5.92 Å². The van der Waals surface area contributed by atoms with Gasteiger partial charge < -0.3 is 20.5 Å². The van der Waals surface area contributed by atoms with Crippen molar-refractivity contribution in [1.29, 1.82) is 0 Å². The molecule has 7 nitrogen and oxygen atoms in total. The molecule has 0 aromatic heterocycles. The number of hydrogen-bond acceptors (Lipinski definition) is 4. The van der Waals surface area contributed by atoms with Crippen LogP contribution in [0.1, 0.15) is 51.2 Å². The number of carboxylic acids is 1. The molecule has 0 bridgehead atoms. The van der Waals surface area contributed by atoms with Crippen molar-refractivity contribution in [3.8, 4) is 11.1 Å². The number of carbonyl (C=O) groups is 3. The van der Waals surface area contributed by atoms with Crippen LogP contribution in [0.2, 0.25) is 0 Å². The summed E-state index contributed by atoms with van der Waals surface area (Å²) in [5.41, 5.74) is 3.15. The summed E-state index contributed by atoms with van der Waals surface area (Å²) in [5, 5.41) is 14.5. The number of aliphatic carboxylic acids is 1. The zero-order chi connectivity index (χ0) is 23.5. The largest absolute Gasteiger partial charge is 0.480 e. The lowest BCUT2D eigenvalue weighted by Gasteiger charge is -2.30. The lowest BCUT2D eigenvalue weighted by molar-refractivity contribution is -0.144. The van der Waals surface area contributed by atoms with Gasteiger partial charge >= 0.3 is 12.1 Å². The Morgan fingerprint density at radius 3 is 2.03 bits per heavy atom. The van der Waals surface area contributed by atoms with E-state index in [0.717, 1.165) is 22.3 Å². The van der Waals surface area contributed by atoms with E-state index >= 15 is 0 Å². The first-order valence-corrected chi connectivity index (χ1v) is 10.8. The van der Waals surface area contributed by atoms with Crippen LogP contribution in [0.3, 0.4) is 0 Å². The minimum atomic E-state index is -1.30. The number of ether oxygens (including phenoxy) is 1. The third kappa shape index (κ3) is 4.61. The normalized spacial score (nSPS) is 15.3. The molecule has 2 atom stereocenters. The molecule has 7 heteroatoms. The molecule has 0 fully saturated rings. The van der Waals surface area contributed by atoms with Gasteiger partial charge in [0.15, 0.2) is 0 Å². The zero-order valence-electron chi connectivity index (χ0n) is 18.8. The van der Waals surface area contributed by atoms with E-state index in [0.29, 0.717) is 0 Å². The predicted octanol–water partition coefficient (Wildman–Crippen LogP) is 3.92. The maximum Gasteiger partial charge on any atom is 0.408 e. The summed E-state index contributed by atoms with van der Waals surface area (Å²) in [6.45, 7) is 6.85. The molecule has 2 aromatic rings. The van der Waals surface area contributed by atoms with Gasteiger partial charge in [-0.2, -0.15) is 0 Å². The summed E-state index contributed by atoms with van der Waals surface area (Å²) in [4.78, 5) is 36.9. The van der Waals surface area contributed by atoms with Crippen LogP contribution in [0.4, 0.5) is 4.79 Å². The number of carbonyl (C=O) groups excluding carboxylic acids is 2. The second-order valence-electron chi connectivity index (χ2n) is 8.67. The van der Waals surface area contributed by atoms with Gasteiger partial charge in [0.2, 0.25) is 5.91 Å². The molecule has 0 radical (unpaired) electrons. The van der Waals surface area contributed by atoms with Gasteiger partial charge in [-0.1, -0.05) is 69.3 Å². The van der Waals surface area contributed by atoms with Crippen molar-refractivity contribution < 1.29 is 24.2 Å². The lowest BCUT2D eigenvalue weighted by atomic mass is 9.95. The molecular formula is C25H30N2O5. The monoisotopic (exact) mass is 438 g/mol. The number of nitrogens with one attached hydrogen (secondary N) is 2. The van der Waals surface area contributed by atoms with E-state index in [1.165, 1.54) is 0 Å². The number of amides is 2. The molecule has 0 saturated carbocycles. The minimum absolute atomic E-state index is 0.0906. The second-order valence-corrected chi connectivity index (χ2v) is 8.67. The lowest BCUT2D eigenvalue weighted by Crippen LogP contribution is -2.60. The van der Waals surface area contributed by atoms with Crippen molar-refractivity contribution >= 4 is 18.0 Å². The van der Waals surface area contributed by atoms with Crippen molar-refractivity contribution in [3.63, 3.8) is 0 Å². The van der Waals surface area contributed by atoms with E-state index in [1.54, 1.807) is 27.7 Å². The summed E-state index contributed by atoms with van der Waals surface area (Å²) in [5.74, 6) is -2.07. The molecule has 1 aliphatic rings. The third-order valence-electron chi connectivity index (χ3n) is 6.15. The Morgan fingerprint density at radius 1 is 1.03 bits per heavy atom. The van der Waals surface area contributed by atoms with Crippen LogP contribution in [0.15, 0.2) is 48.5 Å². The smallest absolute Gasteiger partial charge is 0.408 e. The second kappa shape index (κ2) is 9.42. The van der Waals surface area contributed by atoms with E-state index in [2.05, 4.69) is 22.8 Å². The molecule has 2 unspecified atom stereocenters. The van der Waals surface area contributed by atoms with Crippen molar-refractivity contribution in [2.24, 2.45) is 5.92 Å². The molecule has 0 spiro atoms. The molecule has 2 amide bonds. The fourth-order valence-corrected chi connectivity index (χ4v) is 3.98. The molecule has 32 heavy (non-hydrogen) atoms. The Kier molecular flexibility index (Phi) is 6.87. The molecule has 3 N–H and O–H groups in total. The van der Waals surface area contributed by atoms with Gasteiger partial charge in [-0.3, -0.25) is 4.79 Å². The average Bonchev–Trinajstić information content (AvgIpc) is 3.09. The number of alkyl carbamates (subject to hydrolysis) is 1. The highest BCUT2D eigenvalue weighted by molar-refractivity contribution is 5.92. The van der Waals surface area contributed by atoms with Gasteiger partial charge in [0.05, 0.1) is 0 Å². The van der Waals surface area contributed by atoms with Crippen LogP contribution >= 0.6 is 0 Å². The summed E-state index contributed by atoms with van der Waals surface area (Å²) < 4.78 is 5.54. The van der Waals surface area contributed by atoms with E-state index in [4.69, 9.17) is 4.74 Å². The third-order valence-corrected chi connectivity index (χ3v) is 6.15. The summed E-state index contributed by atoms with van der Waals surface area (Å²) in [6, 6.07) is 15.0. The van der Waals surface area contributed by atoms with Gasteiger partial charge in [-0.25, -0.2) is 9.59 Å². The Balaban J connectivity index is 1.68. The van der Waals surface area contributed by atoms with E-state index < -0.39 is 29.6 Å². The molecule has 170 valence electrons. The quantitative estimate of drug-likeness (QED) is 0.579. The number of rotatable bonds is 8. The topological polar surface area (TPSA) is 105 Å². The minimum Gasteiger partial charge on any atom is -0.480 e. The molecular weight excluding hydrogens is 408 g/mol. The summed E-state index contributed by atoms with van der Waals surface area (Å²) in [7, 11) is 0. The first kappa shape index (κ1) is 23.3. The van der Waals surface area contributed by atoms with Gasteiger partial charge in [0.1, 0.15) is 18.2 Å². The number of fused-ring (bicyclic) bond motifs is 3. The van der Waals surface area contributed by atoms with Gasteiger partial charge in [-0.15, -0.1) is 0 Å². The molecule has 0 heterocycles. The first-order valence-electron chi connectivity index (χ1n) is 10.8. The summed E-state index contributed by atoms with van der Waals surface area (Å²) in [6.07, 6.45) is -0.448. The summed E-state index contributed by atoms with van der Waals surface area (Å²) >= 11 is 0. The van der Waals surface area contributed by atoms with E-state index in [1.807, 2.05) is 36.4 Å². The van der Waals surface area contributed by atoms with Crippen molar-refractivity contribution in [3.05, 3.63) is 59.7 Å². The van der Waals surface area contributed by atoms with Crippen LogP contribution in [-0.4, -0.2) is 41.3 Å². The van der Waals surface area contributed by atoms with Gasteiger partial charge in [-0.05, 0) is 41.5 Å². The highest BCUT2D eigenvalue weighted by Crippen LogP contribution is 2.44. The fraction of sp³-hybridized carbons (Fsp3) is 0.400. The molecule has 1 aliphatic carbocycles. The van der Waals surface area contributed by atoms with Crippen molar-refractivity contribution in [2.45, 2.75) is 51.6 Å². The maximum absolute atomic E-state index is 12.8. The maximum atomic E-state index is 12.8. The fourth-order valence-electron chi connectivity index (χ4n) is 3.98. The highest BCUT2D eigenvalue weighted by atomic mass is 16.5. The van der Waals surface area contributed by atoms with Crippen LogP contribution in [0.25, 0.3) is 11.1 Å². The average molecular weight is 439 g/mol. The zero-order valence-corrected chi connectivity index (χ0v) is 18.8. The van der Waals surface area contributed by atoms with Crippen molar-refractivity contribution in [2.75, 3.05) is 6.61 Å². The number of benzene rings is 2. The SMILES string of the molecule is CCC(C)(NC(=O)OCC1c2ccccc2-c2ccccc21)C(=O)NC(C(=O)O)C(C)C. The van der Waals surface area contributed by atoms with Crippen molar-refractivity contribution in [1.82, 2.24) is 10.6 Å². The Bertz CT molecular complexity index is 973. The Hall–Kier alpha value is -3.35. The van der Waals surface area contributed by atoms with Gasteiger partial charge in [0, 0.05) is 5.92 Å². The first-order chi connectivity index (χ1) is 15.2.